The van der Waals surface area contributed by atoms with E-state index in [4.69, 9.17) is 4.84 Å². The van der Waals surface area contributed by atoms with Gasteiger partial charge in [0.1, 0.15) is 0 Å². The molecule has 136 valence electrons. The number of fused-ring (bicyclic) bond motifs is 1. The SMILES string of the molecule is CCn1ncc2c(NC3CCC(O)CC3)c(C(=O)N(C)OC)cnc21. The number of aliphatic hydroxyl groups excluding tert-OH is 1. The van der Waals surface area contributed by atoms with Crippen LogP contribution in [-0.4, -0.2) is 57.1 Å². The van der Waals surface area contributed by atoms with Crippen molar-refractivity contribution in [2.45, 2.75) is 51.3 Å². The van der Waals surface area contributed by atoms with Crippen molar-refractivity contribution in [1.29, 1.82) is 0 Å². The second kappa shape index (κ2) is 7.37. The highest BCUT2D eigenvalue weighted by atomic mass is 16.7. The molecule has 8 heteroatoms. The number of nitrogens with one attached hydrogen (secondary N) is 1. The molecule has 0 aliphatic heterocycles. The van der Waals surface area contributed by atoms with Gasteiger partial charge in [-0.3, -0.25) is 9.63 Å². The van der Waals surface area contributed by atoms with Crippen molar-refractivity contribution in [1.82, 2.24) is 19.8 Å². The Hall–Kier alpha value is -2.19. The van der Waals surface area contributed by atoms with Gasteiger partial charge in [-0.25, -0.2) is 14.7 Å². The first-order valence-electron chi connectivity index (χ1n) is 8.66. The summed E-state index contributed by atoms with van der Waals surface area (Å²) in [6.45, 7) is 2.71. The molecular weight excluding hydrogens is 322 g/mol. The number of hydrogen-bond donors (Lipinski definition) is 2. The Morgan fingerprint density at radius 3 is 2.76 bits per heavy atom. The molecule has 0 unspecified atom stereocenters. The molecule has 8 nitrogen and oxygen atoms in total. The Morgan fingerprint density at radius 1 is 1.40 bits per heavy atom. The summed E-state index contributed by atoms with van der Waals surface area (Å²) >= 11 is 0. The third-order valence-corrected chi connectivity index (χ3v) is 4.80. The zero-order valence-electron chi connectivity index (χ0n) is 14.9. The lowest BCUT2D eigenvalue weighted by Crippen LogP contribution is -2.31. The van der Waals surface area contributed by atoms with Crippen molar-refractivity contribution in [2.75, 3.05) is 19.5 Å². The summed E-state index contributed by atoms with van der Waals surface area (Å²) < 4.78 is 1.80. The number of aryl methyl sites for hydroxylation is 1. The van der Waals surface area contributed by atoms with Crippen LogP contribution >= 0.6 is 0 Å². The molecule has 1 amide bonds. The first-order chi connectivity index (χ1) is 12.0. The number of nitrogens with zero attached hydrogens (tertiary/aromatic N) is 4. The highest BCUT2D eigenvalue weighted by Gasteiger charge is 2.25. The maximum absolute atomic E-state index is 12.7. The standard InChI is InChI=1S/C17H25N5O3/c1-4-22-16-13(10-19-22)15(20-11-5-7-12(23)8-6-11)14(9-18-16)17(24)21(2)25-3/h9-12,23H,4-8H2,1-3H3,(H,18,20). The second-order valence-electron chi connectivity index (χ2n) is 6.38. The van der Waals surface area contributed by atoms with Gasteiger partial charge in [0.2, 0.25) is 0 Å². The molecular formula is C17H25N5O3. The van der Waals surface area contributed by atoms with E-state index in [0.29, 0.717) is 12.1 Å². The third-order valence-electron chi connectivity index (χ3n) is 4.80. The van der Waals surface area contributed by atoms with Gasteiger partial charge in [0.25, 0.3) is 5.91 Å². The Morgan fingerprint density at radius 2 is 2.12 bits per heavy atom. The largest absolute Gasteiger partial charge is 0.393 e. The normalized spacial score (nSPS) is 20.6. The van der Waals surface area contributed by atoms with Crippen LogP contribution in [0.15, 0.2) is 12.4 Å². The molecule has 3 rings (SSSR count). The lowest BCUT2D eigenvalue weighted by molar-refractivity contribution is -0.0756. The minimum atomic E-state index is -0.264. The van der Waals surface area contributed by atoms with Crippen molar-refractivity contribution < 1.29 is 14.7 Å². The van der Waals surface area contributed by atoms with Crippen LogP contribution < -0.4 is 5.32 Å². The van der Waals surface area contributed by atoms with Crippen molar-refractivity contribution in [3.8, 4) is 0 Å². The van der Waals surface area contributed by atoms with Gasteiger partial charge < -0.3 is 10.4 Å². The van der Waals surface area contributed by atoms with Crippen LogP contribution in [0, 0.1) is 0 Å². The second-order valence-corrected chi connectivity index (χ2v) is 6.38. The number of rotatable bonds is 5. The number of aromatic nitrogens is 3. The predicted molar refractivity (Wildman–Crippen MR) is 94.2 cm³/mol. The summed E-state index contributed by atoms with van der Waals surface area (Å²) in [4.78, 5) is 22.1. The fourth-order valence-corrected chi connectivity index (χ4v) is 3.25. The molecule has 2 heterocycles. The Bertz CT molecular complexity index is 752. The molecule has 1 fully saturated rings. The molecule has 0 radical (unpaired) electrons. The van der Waals surface area contributed by atoms with Crippen LogP contribution in [0.1, 0.15) is 43.0 Å². The van der Waals surface area contributed by atoms with E-state index in [1.807, 2.05) is 6.92 Å². The molecule has 0 spiro atoms. The summed E-state index contributed by atoms with van der Waals surface area (Å²) in [6.07, 6.45) is 6.35. The van der Waals surface area contributed by atoms with Gasteiger partial charge in [-0.2, -0.15) is 5.10 Å². The molecule has 2 N–H and O–H groups in total. The van der Waals surface area contributed by atoms with Gasteiger partial charge in [-0.15, -0.1) is 0 Å². The maximum atomic E-state index is 12.7. The number of hydrogen-bond acceptors (Lipinski definition) is 6. The molecule has 25 heavy (non-hydrogen) atoms. The van der Waals surface area contributed by atoms with E-state index < -0.39 is 0 Å². The van der Waals surface area contributed by atoms with E-state index >= 15 is 0 Å². The lowest BCUT2D eigenvalue weighted by Gasteiger charge is -2.28. The van der Waals surface area contributed by atoms with Crippen LogP contribution in [0.3, 0.4) is 0 Å². The number of amides is 1. The van der Waals surface area contributed by atoms with Crippen LogP contribution in [0.25, 0.3) is 11.0 Å². The van der Waals surface area contributed by atoms with Gasteiger partial charge in [0.05, 0.1) is 36.0 Å². The van der Waals surface area contributed by atoms with E-state index in [9.17, 15) is 9.90 Å². The zero-order valence-corrected chi connectivity index (χ0v) is 14.9. The van der Waals surface area contributed by atoms with Gasteiger partial charge in [-0.1, -0.05) is 0 Å². The van der Waals surface area contributed by atoms with Gasteiger partial charge in [0.15, 0.2) is 5.65 Å². The third kappa shape index (κ3) is 3.45. The Balaban J connectivity index is 2.01. The van der Waals surface area contributed by atoms with Crippen molar-refractivity contribution in [3.63, 3.8) is 0 Å². The lowest BCUT2D eigenvalue weighted by atomic mass is 9.92. The minimum absolute atomic E-state index is 0.207. The average molecular weight is 347 g/mol. The summed E-state index contributed by atoms with van der Waals surface area (Å²) in [6, 6.07) is 0.207. The molecule has 0 atom stereocenters. The molecule has 0 aromatic carbocycles. The highest BCUT2D eigenvalue weighted by molar-refractivity contribution is 6.06. The summed E-state index contributed by atoms with van der Waals surface area (Å²) in [5.41, 5.74) is 1.94. The van der Waals surface area contributed by atoms with Crippen molar-refractivity contribution >= 4 is 22.6 Å². The smallest absolute Gasteiger partial charge is 0.280 e. The molecule has 0 saturated heterocycles. The number of anilines is 1. The highest BCUT2D eigenvalue weighted by Crippen LogP contribution is 2.30. The summed E-state index contributed by atoms with van der Waals surface area (Å²) in [5, 5.41) is 19.6. The molecule has 1 aliphatic rings. The average Bonchev–Trinajstić information content (AvgIpc) is 3.06. The van der Waals surface area contributed by atoms with Crippen LogP contribution in [0.5, 0.6) is 0 Å². The van der Waals surface area contributed by atoms with Crippen molar-refractivity contribution in [2.24, 2.45) is 0 Å². The Labute approximate surface area is 146 Å². The number of pyridine rings is 1. The molecule has 2 aromatic rings. The fourth-order valence-electron chi connectivity index (χ4n) is 3.25. The fraction of sp³-hybridized carbons (Fsp3) is 0.588. The van der Waals surface area contributed by atoms with Gasteiger partial charge in [0, 0.05) is 25.8 Å². The molecule has 1 saturated carbocycles. The van der Waals surface area contributed by atoms with E-state index in [1.165, 1.54) is 12.2 Å². The number of hydroxylamine groups is 2. The molecule has 2 aromatic heterocycles. The van der Waals surface area contributed by atoms with E-state index in [2.05, 4.69) is 15.4 Å². The number of carbonyl (C=O) groups excluding carboxylic acids is 1. The van der Waals surface area contributed by atoms with Gasteiger partial charge >= 0.3 is 0 Å². The predicted octanol–water partition coefficient (Wildman–Crippen LogP) is 1.80. The summed E-state index contributed by atoms with van der Waals surface area (Å²) in [5.74, 6) is -0.264. The molecule has 1 aliphatic carbocycles. The number of carbonyl (C=O) groups is 1. The van der Waals surface area contributed by atoms with Crippen LogP contribution in [-0.2, 0) is 11.4 Å². The first-order valence-corrected chi connectivity index (χ1v) is 8.66. The van der Waals surface area contributed by atoms with Crippen LogP contribution in [0.4, 0.5) is 5.69 Å². The molecule has 0 bridgehead atoms. The number of aliphatic hydroxyl groups is 1. The van der Waals surface area contributed by atoms with E-state index in [0.717, 1.165) is 42.4 Å². The zero-order chi connectivity index (χ0) is 18.0. The van der Waals surface area contributed by atoms with Crippen LogP contribution in [0.2, 0.25) is 0 Å². The maximum Gasteiger partial charge on any atom is 0.280 e. The van der Waals surface area contributed by atoms with E-state index in [-0.39, 0.29) is 18.1 Å². The minimum Gasteiger partial charge on any atom is -0.393 e. The monoisotopic (exact) mass is 347 g/mol. The topological polar surface area (TPSA) is 92.5 Å². The summed E-state index contributed by atoms with van der Waals surface area (Å²) in [7, 11) is 3.03. The van der Waals surface area contributed by atoms with E-state index in [1.54, 1.807) is 24.1 Å². The quantitative estimate of drug-likeness (QED) is 0.801. The van der Waals surface area contributed by atoms with Crippen molar-refractivity contribution in [3.05, 3.63) is 18.0 Å². The Kier molecular flexibility index (Phi) is 5.19. The van der Waals surface area contributed by atoms with Gasteiger partial charge in [-0.05, 0) is 32.6 Å². The first kappa shape index (κ1) is 17.6.